The Morgan fingerprint density at radius 3 is 2.90 bits per heavy atom. The van der Waals surface area contributed by atoms with E-state index < -0.39 is 6.10 Å². The van der Waals surface area contributed by atoms with Crippen molar-refractivity contribution in [1.82, 2.24) is 15.6 Å². The van der Waals surface area contributed by atoms with Crippen LogP contribution >= 0.6 is 11.3 Å². The average Bonchev–Trinajstić information content (AvgIpc) is 2.97. The minimum atomic E-state index is -0.404. The molecule has 0 saturated carbocycles. The first-order valence-electron chi connectivity index (χ1n) is 7.00. The van der Waals surface area contributed by atoms with E-state index in [1.54, 1.807) is 11.3 Å². The number of carbonyl (C=O) groups is 1. The molecule has 0 aromatic carbocycles. The minimum absolute atomic E-state index is 0.0332. The zero-order valence-electron chi connectivity index (χ0n) is 12.3. The molecule has 0 radical (unpaired) electrons. The number of rotatable bonds is 4. The van der Waals surface area contributed by atoms with Gasteiger partial charge in [-0.2, -0.15) is 0 Å². The highest BCUT2D eigenvalue weighted by Gasteiger charge is 2.27. The number of amides is 1. The highest BCUT2D eigenvalue weighted by atomic mass is 32.1. The van der Waals surface area contributed by atoms with Crippen LogP contribution < -0.4 is 10.6 Å². The van der Waals surface area contributed by atoms with E-state index in [1.807, 2.05) is 0 Å². The van der Waals surface area contributed by atoms with Crippen LogP contribution in [0.4, 0.5) is 0 Å². The smallest absolute Gasteiger partial charge is 0.237 e. The van der Waals surface area contributed by atoms with E-state index in [0.29, 0.717) is 19.5 Å². The third-order valence-electron chi connectivity index (χ3n) is 3.38. The van der Waals surface area contributed by atoms with Crippen molar-refractivity contribution in [2.45, 2.75) is 51.2 Å². The van der Waals surface area contributed by atoms with Crippen LogP contribution in [0, 0.1) is 0 Å². The van der Waals surface area contributed by atoms with E-state index >= 15 is 0 Å². The number of β-amino-alcohol motifs (C(OH)–C–C–N with tert-alkyl or cyclic N) is 1. The molecular weight excluding hydrogens is 274 g/mol. The maximum Gasteiger partial charge on any atom is 0.237 e. The Kier molecular flexibility index (Phi) is 4.78. The molecule has 1 aromatic heterocycles. The molecule has 1 aromatic rings. The Morgan fingerprint density at radius 2 is 2.35 bits per heavy atom. The summed E-state index contributed by atoms with van der Waals surface area (Å²) in [6.07, 6.45) is 0.845. The second-order valence-electron chi connectivity index (χ2n) is 6.27. The van der Waals surface area contributed by atoms with Crippen LogP contribution in [-0.2, 0) is 16.6 Å². The Balaban J connectivity index is 1.76. The van der Waals surface area contributed by atoms with Crippen LogP contribution in [0.15, 0.2) is 5.38 Å². The maximum atomic E-state index is 11.8. The number of nitrogens with one attached hydrogen (secondary N) is 2. The fraction of sp³-hybridized carbons (Fsp3) is 0.714. The summed E-state index contributed by atoms with van der Waals surface area (Å²) in [5, 5.41) is 18.4. The van der Waals surface area contributed by atoms with E-state index in [4.69, 9.17) is 0 Å². The van der Waals surface area contributed by atoms with Crippen LogP contribution in [0.1, 0.15) is 37.9 Å². The molecule has 20 heavy (non-hydrogen) atoms. The lowest BCUT2D eigenvalue weighted by Crippen LogP contribution is -2.41. The van der Waals surface area contributed by atoms with Gasteiger partial charge in [0.05, 0.1) is 22.8 Å². The van der Waals surface area contributed by atoms with E-state index in [9.17, 15) is 9.90 Å². The van der Waals surface area contributed by atoms with Crippen LogP contribution in [0.3, 0.4) is 0 Å². The van der Waals surface area contributed by atoms with Gasteiger partial charge < -0.3 is 15.7 Å². The minimum Gasteiger partial charge on any atom is -0.392 e. The summed E-state index contributed by atoms with van der Waals surface area (Å²) < 4.78 is 0. The SMILES string of the molecule is CC(C)(C)c1csc(CCNC(=O)[C@H]2C[C@@H](O)CN2)n1. The van der Waals surface area contributed by atoms with Gasteiger partial charge in [-0.25, -0.2) is 4.98 Å². The monoisotopic (exact) mass is 297 g/mol. The summed E-state index contributed by atoms with van der Waals surface area (Å²) in [7, 11) is 0. The van der Waals surface area contributed by atoms with Gasteiger partial charge in [0.15, 0.2) is 0 Å². The summed E-state index contributed by atoms with van der Waals surface area (Å²) in [4.78, 5) is 16.4. The molecule has 1 aliphatic heterocycles. The largest absolute Gasteiger partial charge is 0.392 e. The van der Waals surface area contributed by atoms with Crippen molar-refractivity contribution in [2.24, 2.45) is 0 Å². The molecule has 2 atom stereocenters. The molecule has 1 amide bonds. The van der Waals surface area contributed by atoms with Gasteiger partial charge in [0.2, 0.25) is 5.91 Å². The molecule has 3 N–H and O–H groups in total. The van der Waals surface area contributed by atoms with Crippen molar-refractivity contribution < 1.29 is 9.90 Å². The van der Waals surface area contributed by atoms with Gasteiger partial charge in [-0.1, -0.05) is 20.8 Å². The van der Waals surface area contributed by atoms with Gasteiger partial charge in [-0.15, -0.1) is 11.3 Å². The summed E-state index contributed by atoms with van der Waals surface area (Å²) in [6, 6.07) is -0.258. The fourth-order valence-electron chi connectivity index (χ4n) is 2.10. The Labute approximate surface area is 123 Å². The van der Waals surface area contributed by atoms with E-state index in [1.165, 1.54) is 0 Å². The number of nitrogens with zero attached hydrogens (tertiary/aromatic N) is 1. The Bertz CT molecular complexity index is 467. The highest BCUT2D eigenvalue weighted by Crippen LogP contribution is 2.23. The predicted molar refractivity (Wildman–Crippen MR) is 79.9 cm³/mol. The van der Waals surface area contributed by atoms with Gasteiger partial charge in [0.25, 0.3) is 0 Å². The summed E-state index contributed by atoms with van der Waals surface area (Å²) >= 11 is 1.64. The molecule has 1 fully saturated rings. The normalized spacial score (nSPS) is 23.0. The van der Waals surface area contributed by atoms with Gasteiger partial charge in [-0.05, 0) is 6.42 Å². The fourth-order valence-corrected chi connectivity index (χ4v) is 3.13. The molecule has 0 bridgehead atoms. The first-order valence-corrected chi connectivity index (χ1v) is 7.88. The van der Waals surface area contributed by atoms with Gasteiger partial charge in [-0.3, -0.25) is 4.79 Å². The predicted octanol–water partition coefficient (Wildman–Crippen LogP) is 0.822. The molecule has 6 heteroatoms. The van der Waals surface area contributed by atoms with Crippen LogP contribution in [0.25, 0.3) is 0 Å². The number of aromatic nitrogens is 1. The van der Waals surface area contributed by atoms with E-state index in [0.717, 1.165) is 17.1 Å². The molecule has 112 valence electrons. The third kappa shape index (κ3) is 4.01. The number of hydrogen-bond donors (Lipinski definition) is 3. The summed E-state index contributed by atoms with van der Waals surface area (Å²) in [6.45, 7) is 7.52. The van der Waals surface area contributed by atoms with Crippen molar-refractivity contribution in [3.05, 3.63) is 16.1 Å². The lowest BCUT2D eigenvalue weighted by atomic mass is 9.93. The topological polar surface area (TPSA) is 74.2 Å². The third-order valence-corrected chi connectivity index (χ3v) is 4.29. The molecule has 1 aliphatic rings. The molecule has 2 heterocycles. The lowest BCUT2D eigenvalue weighted by Gasteiger charge is -2.14. The lowest BCUT2D eigenvalue weighted by molar-refractivity contribution is -0.122. The van der Waals surface area contributed by atoms with Crippen LogP contribution in [0.5, 0.6) is 0 Å². The standard InChI is InChI=1S/C14H23N3O2S/c1-14(2,3)11-8-20-12(17-11)4-5-15-13(19)10-6-9(18)7-16-10/h8-10,16,18H,4-7H2,1-3H3,(H,15,19)/t9-,10-/m1/s1. The Morgan fingerprint density at radius 1 is 1.60 bits per heavy atom. The van der Waals surface area contributed by atoms with Crippen LogP contribution in [-0.4, -0.2) is 41.2 Å². The molecular formula is C14H23N3O2S. The van der Waals surface area contributed by atoms with Crippen molar-refractivity contribution in [3.8, 4) is 0 Å². The van der Waals surface area contributed by atoms with Crippen LogP contribution in [0.2, 0.25) is 0 Å². The quantitative estimate of drug-likeness (QED) is 0.769. The van der Waals surface area contributed by atoms with Crippen molar-refractivity contribution >= 4 is 17.2 Å². The summed E-state index contributed by atoms with van der Waals surface area (Å²) in [5.74, 6) is -0.0332. The van der Waals surface area contributed by atoms with E-state index in [2.05, 4.69) is 41.8 Å². The first-order chi connectivity index (χ1) is 9.36. The Hall–Kier alpha value is -0.980. The van der Waals surface area contributed by atoms with Gasteiger partial charge >= 0.3 is 0 Å². The molecule has 5 nitrogen and oxygen atoms in total. The summed E-state index contributed by atoms with van der Waals surface area (Å²) in [5.41, 5.74) is 1.17. The number of carbonyl (C=O) groups excluding carboxylic acids is 1. The van der Waals surface area contributed by atoms with E-state index in [-0.39, 0.29) is 17.4 Å². The maximum absolute atomic E-state index is 11.8. The number of aliphatic hydroxyl groups excluding tert-OH is 1. The second kappa shape index (κ2) is 6.20. The zero-order chi connectivity index (χ0) is 14.8. The number of thiazole rings is 1. The van der Waals surface area contributed by atoms with Crippen molar-refractivity contribution in [1.29, 1.82) is 0 Å². The number of hydrogen-bond acceptors (Lipinski definition) is 5. The van der Waals surface area contributed by atoms with Crippen molar-refractivity contribution in [3.63, 3.8) is 0 Å². The number of aliphatic hydroxyl groups is 1. The average molecular weight is 297 g/mol. The first kappa shape index (κ1) is 15.4. The molecule has 1 saturated heterocycles. The highest BCUT2D eigenvalue weighted by molar-refractivity contribution is 7.09. The zero-order valence-corrected chi connectivity index (χ0v) is 13.1. The molecule has 2 rings (SSSR count). The molecule has 0 spiro atoms. The van der Waals surface area contributed by atoms with Gasteiger partial charge in [0.1, 0.15) is 0 Å². The molecule has 0 unspecified atom stereocenters. The molecule has 0 aliphatic carbocycles. The van der Waals surface area contributed by atoms with Crippen molar-refractivity contribution in [2.75, 3.05) is 13.1 Å². The second-order valence-corrected chi connectivity index (χ2v) is 7.21. The van der Waals surface area contributed by atoms with Gasteiger partial charge in [0, 0.05) is 30.3 Å².